The molecule has 0 spiro atoms. The second-order valence-electron chi connectivity index (χ2n) is 11.1. The molecule has 1 saturated carbocycles. The van der Waals surface area contributed by atoms with Crippen LogP contribution in [0.2, 0.25) is 0 Å². The molecule has 0 atom stereocenters. The van der Waals surface area contributed by atoms with E-state index in [1.807, 2.05) is 36.4 Å². The maximum absolute atomic E-state index is 12.1. The van der Waals surface area contributed by atoms with Crippen LogP contribution in [0.25, 0.3) is 0 Å². The van der Waals surface area contributed by atoms with Crippen molar-refractivity contribution in [2.75, 3.05) is 0 Å². The van der Waals surface area contributed by atoms with Crippen molar-refractivity contribution in [1.82, 2.24) is 0 Å². The molecular formula is C32H40O. The van der Waals surface area contributed by atoms with Gasteiger partial charge in [-0.05, 0) is 65.2 Å². The molecule has 0 bridgehead atoms. The quantitative estimate of drug-likeness (QED) is 0.394. The van der Waals surface area contributed by atoms with E-state index in [0.29, 0.717) is 0 Å². The largest absolute Gasteiger partial charge is 0.380 e. The minimum absolute atomic E-state index is 0.221. The van der Waals surface area contributed by atoms with Crippen molar-refractivity contribution in [2.45, 2.75) is 76.7 Å². The molecule has 0 unspecified atom stereocenters. The highest BCUT2D eigenvalue weighted by atomic mass is 16.3. The first-order valence-corrected chi connectivity index (χ1v) is 12.8. The standard InChI is InChI=1S/C32H40O/c1-31(2,3)27-21-17-25(18-22-27)11-10-12-26-19-23-30(24-20-26)32(33,28-13-6-4-7-14-28)29-15-8-5-9-16-29/h4-9,13-18,21-22,26,30,33H,10-12,19-20,23-24H2,1-3H3. The van der Waals surface area contributed by atoms with Crippen LogP contribution in [0.4, 0.5) is 0 Å². The SMILES string of the molecule is CC(C)(C)c1ccc(CCCC2CCC(C(O)(c3ccccc3)c3ccccc3)CC2)cc1. The van der Waals surface area contributed by atoms with Crippen LogP contribution < -0.4 is 0 Å². The third-order valence-electron chi connectivity index (χ3n) is 7.76. The van der Waals surface area contributed by atoms with E-state index in [1.165, 1.54) is 43.2 Å². The van der Waals surface area contributed by atoms with E-state index in [0.717, 1.165) is 29.9 Å². The van der Waals surface area contributed by atoms with Crippen LogP contribution in [0.15, 0.2) is 84.9 Å². The zero-order chi connectivity index (χ0) is 23.3. The first kappa shape index (κ1) is 23.8. The van der Waals surface area contributed by atoms with Crippen LogP contribution in [-0.4, -0.2) is 5.11 Å². The zero-order valence-corrected chi connectivity index (χ0v) is 20.6. The molecule has 0 aromatic heterocycles. The first-order valence-electron chi connectivity index (χ1n) is 12.8. The highest BCUT2D eigenvalue weighted by Gasteiger charge is 2.41. The summed E-state index contributed by atoms with van der Waals surface area (Å²) >= 11 is 0. The summed E-state index contributed by atoms with van der Waals surface area (Å²) in [7, 11) is 0. The highest BCUT2D eigenvalue weighted by molar-refractivity contribution is 5.37. The summed E-state index contributed by atoms with van der Waals surface area (Å²) in [5.74, 6) is 1.05. The van der Waals surface area contributed by atoms with Gasteiger partial charge in [0.15, 0.2) is 0 Å². The van der Waals surface area contributed by atoms with Crippen molar-refractivity contribution >= 4 is 0 Å². The fourth-order valence-corrected chi connectivity index (χ4v) is 5.66. The van der Waals surface area contributed by atoms with Gasteiger partial charge in [0.1, 0.15) is 5.60 Å². The topological polar surface area (TPSA) is 20.2 Å². The van der Waals surface area contributed by atoms with Crippen molar-refractivity contribution in [3.05, 3.63) is 107 Å². The molecule has 4 rings (SSSR count). The summed E-state index contributed by atoms with van der Waals surface area (Å²) in [5.41, 5.74) is 4.24. The Balaban J connectivity index is 1.34. The molecule has 1 aliphatic rings. The van der Waals surface area contributed by atoms with Gasteiger partial charge in [-0.2, -0.15) is 0 Å². The molecular weight excluding hydrogens is 400 g/mol. The van der Waals surface area contributed by atoms with Crippen LogP contribution in [0.1, 0.15) is 81.5 Å². The van der Waals surface area contributed by atoms with Crippen molar-refractivity contribution in [2.24, 2.45) is 11.8 Å². The molecule has 1 nitrogen and oxygen atoms in total. The number of rotatable bonds is 7. The van der Waals surface area contributed by atoms with Crippen LogP contribution in [0.5, 0.6) is 0 Å². The normalized spacial score (nSPS) is 19.4. The second-order valence-corrected chi connectivity index (χ2v) is 11.1. The minimum atomic E-state index is -0.901. The molecule has 0 heterocycles. The van der Waals surface area contributed by atoms with Crippen LogP contribution in [-0.2, 0) is 17.4 Å². The Hall–Kier alpha value is -2.38. The average Bonchev–Trinajstić information content (AvgIpc) is 2.85. The fraction of sp³-hybridized carbons (Fsp3) is 0.438. The molecule has 1 N–H and O–H groups in total. The lowest BCUT2D eigenvalue weighted by Crippen LogP contribution is -2.38. The lowest BCUT2D eigenvalue weighted by atomic mass is 9.67. The Morgan fingerprint density at radius 2 is 1.18 bits per heavy atom. The third-order valence-corrected chi connectivity index (χ3v) is 7.76. The van der Waals surface area contributed by atoms with Gasteiger partial charge in [-0.15, -0.1) is 0 Å². The molecule has 0 radical (unpaired) electrons. The Labute approximate surface area is 200 Å². The molecule has 3 aromatic carbocycles. The summed E-state index contributed by atoms with van der Waals surface area (Å²) in [6.45, 7) is 6.82. The molecule has 1 heteroatoms. The Kier molecular flexibility index (Phi) is 7.39. The Morgan fingerprint density at radius 3 is 1.67 bits per heavy atom. The Bertz CT molecular complexity index is 935. The summed E-state index contributed by atoms with van der Waals surface area (Å²) in [4.78, 5) is 0. The zero-order valence-electron chi connectivity index (χ0n) is 20.6. The van der Waals surface area contributed by atoms with Gasteiger partial charge in [-0.1, -0.05) is 125 Å². The van der Waals surface area contributed by atoms with Crippen LogP contribution >= 0.6 is 0 Å². The summed E-state index contributed by atoms with van der Waals surface area (Å²) in [6.07, 6.45) is 8.33. The van der Waals surface area contributed by atoms with Gasteiger partial charge in [0, 0.05) is 0 Å². The maximum atomic E-state index is 12.1. The van der Waals surface area contributed by atoms with E-state index < -0.39 is 5.60 Å². The van der Waals surface area contributed by atoms with Gasteiger partial charge in [0.2, 0.25) is 0 Å². The van der Waals surface area contributed by atoms with Crippen LogP contribution in [0.3, 0.4) is 0 Å². The lowest BCUT2D eigenvalue weighted by molar-refractivity contribution is -0.00807. The first-order chi connectivity index (χ1) is 15.9. The van der Waals surface area contributed by atoms with E-state index in [2.05, 4.69) is 69.3 Å². The minimum Gasteiger partial charge on any atom is -0.380 e. The average molecular weight is 441 g/mol. The molecule has 1 fully saturated rings. The maximum Gasteiger partial charge on any atom is 0.117 e. The van der Waals surface area contributed by atoms with Gasteiger partial charge in [0.05, 0.1) is 0 Å². The number of benzene rings is 3. The predicted octanol–water partition coefficient (Wildman–Crippen LogP) is 8.05. The number of hydrogen-bond donors (Lipinski definition) is 1. The van der Waals surface area contributed by atoms with E-state index in [4.69, 9.17) is 0 Å². The Morgan fingerprint density at radius 1 is 0.667 bits per heavy atom. The van der Waals surface area contributed by atoms with E-state index >= 15 is 0 Å². The molecule has 0 amide bonds. The van der Waals surface area contributed by atoms with Gasteiger partial charge in [-0.3, -0.25) is 0 Å². The van der Waals surface area contributed by atoms with Crippen molar-refractivity contribution in [3.63, 3.8) is 0 Å². The molecule has 174 valence electrons. The number of aliphatic hydroxyl groups is 1. The van der Waals surface area contributed by atoms with Gasteiger partial charge < -0.3 is 5.11 Å². The summed E-state index contributed by atoms with van der Waals surface area (Å²) in [6, 6.07) is 29.8. The summed E-state index contributed by atoms with van der Waals surface area (Å²) < 4.78 is 0. The van der Waals surface area contributed by atoms with E-state index in [1.54, 1.807) is 0 Å². The molecule has 33 heavy (non-hydrogen) atoms. The van der Waals surface area contributed by atoms with Crippen LogP contribution in [0, 0.1) is 11.8 Å². The lowest BCUT2D eigenvalue weighted by Gasteiger charge is -2.41. The van der Waals surface area contributed by atoms with Gasteiger partial charge >= 0.3 is 0 Å². The molecule has 3 aromatic rings. The second kappa shape index (κ2) is 10.3. The smallest absolute Gasteiger partial charge is 0.117 e. The molecule has 0 aliphatic heterocycles. The van der Waals surface area contributed by atoms with Gasteiger partial charge in [0.25, 0.3) is 0 Å². The number of hydrogen-bond acceptors (Lipinski definition) is 1. The molecule has 1 aliphatic carbocycles. The predicted molar refractivity (Wildman–Crippen MR) is 139 cm³/mol. The van der Waals surface area contributed by atoms with Crippen molar-refractivity contribution in [3.8, 4) is 0 Å². The summed E-state index contributed by atoms with van der Waals surface area (Å²) in [5, 5.41) is 12.1. The third kappa shape index (κ3) is 5.58. The van der Waals surface area contributed by atoms with Gasteiger partial charge in [-0.25, -0.2) is 0 Å². The fourth-order valence-electron chi connectivity index (χ4n) is 5.66. The van der Waals surface area contributed by atoms with E-state index in [-0.39, 0.29) is 11.3 Å². The van der Waals surface area contributed by atoms with Crippen molar-refractivity contribution < 1.29 is 5.11 Å². The monoisotopic (exact) mass is 440 g/mol. The molecule has 0 saturated heterocycles. The highest BCUT2D eigenvalue weighted by Crippen LogP contribution is 2.45. The van der Waals surface area contributed by atoms with E-state index in [9.17, 15) is 5.11 Å². The van der Waals surface area contributed by atoms with Crippen molar-refractivity contribution in [1.29, 1.82) is 0 Å². The number of aryl methyl sites for hydroxylation is 1.